The highest BCUT2D eigenvalue weighted by Crippen LogP contribution is 2.40. The maximum atomic E-state index is 13.4. The van der Waals surface area contributed by atoms with Crippen LogP contribution in [0, 0.1) is 20.2 Å². The number of benzene rings is 3. The van der Waals surface area contributed by atoms with E-state index in [-0.39, 0.29) is 16.7 Å². The van der Waals surface area contributed by atoms with Gasteiger partial charge in [-0.1, -0.05) is 24.3 Å². The molecule has 0 unspecified atom stereocenters. The number of alkyl halides is 6. The molecular weight excluding hydrogens is 477 g/mol. The molecule has 0 aliphatic heterocycles. The Labute approximate surface area is 182 Å². The van der Waals surface area contributed by atoms with Crippen molar-refractivity contribution < 1.29 is 36.2 Å². The second-order valence-corrected chi connectivity index (χ2v) is 8.87. The lowest BCUT2D eigenvalue weighted by Gasteiger charge is -2.22. The summed E-state index contributed by atoms with van der Waals surface area (Å²) in [5.74, 6) is 0. The van der Waals surface area contributed by atoms with E-state index in [9.17, 15) is 46.6 Å². The van der Waals surface area contributed by atoms with Gasteiger partial charge in [-0.05, 0) is 42.0 Å². The van der Waals surface area contributed by atoms with Crippen LogP contribution < -0.4 is 15.9 Å². The van der Waals surface area contributed by atoms with Gasteiger partial charge in [-0.15, -0.1) is 0 Å². The molecule has 0 bridgehead atoms. The van der Waals surface area contributed by atoms with Gasteiger partial charge in [0, 0.05) is 24.3 Å². The molecule has 172 valence electrons. The van der Waals surface area contributed by atoms with Crippen LogP contribution >= 0.6 is 7.92 Å². The molecule has 3 rings (SSSR count). The Kier molecular flexibility index (Phi) is 6.42. The molecule has 0 fully saturated rings. The average Bonchev–Trinajstić information content (AvgIpc) is 2.73. The van der Waals surface area contributed by atoms with Crippen LogP contribution in [0.2, 0.25) is 0 Å². The first-order valence-corrected chi connectivity index (χ1v) is 10.2. The van der Waals surface area contributed by atoms with Gasteiger partial charge in [-0.2, -0.15) is 26.3 Å². The lowest BCUT2D eigenvalue weighted by molar-refractivity contribution is -0.384. The van der Waals surface area contributed by atoms with Gasteiger partial charge in [-0.25, -0.2) is 0 Å². The molecular formula is C20H11F6N2O4P. The lowest BCUT2D eigenvalue weighted by Crippen LogP contribution is -2.24. The van der Waals surface area contributed by atoms with Gasteiger partial charge in [0.15, 0.2) is 0 Å². The van der Waals surface area contributed by atoms with E-state index in [1.54, 1.807) is 0 Å². The first-order chi connectivity index (χ1) is 15.3. The lowest BCUT2D eigenvalue weighted by atomic mass is 10.1. The first-order valence-electron chi connectivity index (χ1n) is 8.86. The third-order valence-corrected chi connectivity index (χ3v) is 6.79. The van der Waals surface area contributed by atoms with E-state index in [0.29, 0.717) is 12.1 Å². The molecule has 0 atom stereocenters. The highest BCUT2D eigenvalue weighted by atomic mass is 31.1. The number of halogens is 6. The molecule has 0 saturated heterocycles. The zero-order valence-corrected chi connectivity index (χ0v) is 17.0. The number of hydrogen-bond acceptors (Lipinski definition) is 4. The maximum Gasteiger partial charge on any atom is 0.416 e. The summed E-state index contributed by atoms with van der Waals surface area (Å²) in [6.07, 6.45) is -10.2. The highest BCUT2D eigenvalue weighted by Gasteiger charge is 2.38. The Balaban J connectivity index is 2.35. The van der Waals surface area contributed by atoms with Crippen LogP contribution in [0.1, 0.15) is 11.1 Å². The summed E-state index contributed by atoms with van der Waals surface area (Å²) in [5, 5.41) is 22.1. The van der Waals surface area contributed by atoms with Crippen molar-refractivity contribution in [1.82, 2.24) is 0 Å². The normalized spacial score (nSPS) is 12.1. The molecule has 3 aromatic rings. The van der Waals surface area contributed by atoms with E-state index in [1.165, 1.54) is 24.3 Å². The van der Waals surface area contributed by atoms with Crippen LogP contribution in [0.3, 0.4) is 0 Å². The van der Waals surface area contributed by atoms with Gasteiger partial charge in [0.2, 0.25) is 0 Å². The summed E-state index contributed by atoms with van der Waals surface area (Å²) in [6, 6.07) is 10.4. The van der Waals surface area contributed by atoms with Gasteiger partial charge in [0.25, 0.3) is 11.4 Å². The Hall–Kier alpha value is -3.53. The summed E-state index contributed by atoms with van der Waals surface area (Å²) in [6.45, 7) is 0. The SMILES string of the molecule is O=[N+]([O-])c1cccc(P(c2cccc([N+](=O)[O-])c2)c2cc(C(F)(F)F)cc(C(F)(F)F)c2)c1. The Morgan fingerprint density at radius 2 is 1.00 bits per heavy atom. The fraction of sp³-hybridized carbons (Fsp3) is 0.100. The Morgan fingerprint density at radius 1 is 0.606 bits per heavy atom. The monoisotopic (exact) mass is 488 g/mol. The van der Waals surface area contributed by atoms with Crippen LogP contribution in [0.5, 0.6) is 0 Å². The van der Waals surface area contributed by atoms with Crippen molar-refractivity contribution in [2.75, 3.05) is 0 Å². The van der Waals surface area contributed by atoms with Crippen LogP contribution in [-0.4, -0.2) is 9.85 Å². The number of rotatable bonds is 5. The van der Waals surface area contributed by atoms with Gasteiger partial charge in [-0.3, -0.25) is 20.2 Å². The predicted octanol–water partition coefficient (Wildman–Crippen LogP) is 5.30. The van der Waals surface area contributed by atoms with Crippen molar-refractivity contribution in [3.05, 3.63) is 98.1 Å². The van der Waals surface area contributed by atoms with Crippen LogP contribution in [0.15, 0.2) is 66.7 Å². The van der Waals surface area contributed by atoms with Gasteiger partial charge < -0.3 is 0 Å². The zero-order valence-electron chi connectivity index (χ0n) is 16.1. The molecule has 0 spiro atoms. The highest BCUT2D eigenvalue weighted by molar-refractivity contribution is 7.79. The van der Waals surface area contributed by atoms with Crippen molar-refractivity contribution in [2.45, 2.75) is 12.4 Å². The maximum absolute atomic E-state index is 13.4. The summed E-state index contributed by atoms with van der Waals surface area (Å²) in [4.78, 5) is 20.8. The van der Waals surface area contributed by atoms with Crippen LogP contribution in [0.25, 0.3) is 0 Å². The number of hydrogen-bond donors (Lipinski definition) is 0. The van der Waals surface area contributed by atoms with Crippen molar-refractivity contribution in [1.29, 1.82) is 0 Å². The number of nitro benzene ring substituents is 2. The van der Waals surface area contributed by atoms with E-state index in [2.05, 4.69) is 0 Å². The standard InChI is InChI=1S/C20H11F6N2O4P/c21-19(22,23)12-7-13(20(24,25)26)9-18(8-12)33(16-5-1-3-14(10-16)27(29)30)17-6-2-4-15(11-17)28(31)32/h1-11H. The molecule has 0 heterocycles. The summed E-state index contributed by atoms with van der Waals surface area (Å²) in [7, 11) is -2.26. The molecule has 0 N–H and O–H groups in total. The minimum absolute atomic E-state index is 0.0299. The summed E-state index contributed by atoms with van der Waals surface area (Å²) < 4.78 is 80.4. The van der Waals surface area contributed by atoms with E-state index >= 15 is 0 Å². The third kappa shape index (κ3) is 5.46. The molecule has 0 radical (unpaired) electrons. The van der Waals surface area contributed by atoms with E-state index in [4.69, 9.17) is 0 Å². The minimum Gasteiger partial charge on any atom is -0.258 e. The quantitative estimate of drug-likeness (QED) is 0.211. The third-order valence-electron chi connectivity index (χ3n) is 4.43. The van der Waals surface area contributed by atoms with E-state index in [1.807, 2.05) is 0 Å². The van der Waals surface area contributed by atoms with E-state index in [0.717, 1.165) is 24.3 Å². The zero-order chi connectivity index (χ0) is 24.6. The molecule has 33 heavy (non-hydrogen) atoms. The fourth-order valence-corrected chi connectivity index (χ4v) is 5.43. The van der Waals surface area contributed by atoms with Gasteiger partial charge in [0.05, 0.1) is 21.0 Å². The van der Waals surface area contributed by atoms with Crippen LogP contribution in [0.4, 0.5) is 37.7 Å². The molecule has 0 amide bonds. The number of nitrogens with zero attached hydrogens (tertiary/aromatic N) is 2. The van der Waals surface area contributed by atoms with Gasteiger partial charge in [0.1, 0.15) is 0 Å². The molecule has 0 saturated carbocycles. The smallest absolute Gasteiger partial charge is 0.258 e. The largest absolute Gasteiger partial charge is 0.416 e. The van der Waals surface area contributed by atoms with Crippen molar-refractivity contribution in [2.24, 2.45) is 0 Å². The Bertz CT molecular complexity index is 1140. The molecule has 6 nitrogen and oxygen atoms in total. The van der Waals surface area contributed by atoms with Gasteiger partial charge >= 0.3 is 12.4 Å². The molecule has 0 aliphatic carbocycles. The fourth-order valence-electron chi connectivity index (χ4n) is 3.01. The second-order valence-electron chi connectivity index (χ2n) is 6.65. The van der Waals surface area contributed by atoms with Crippen LogP contribution in [-0.2, 0) is 12.4 Å². The number of non-ortho nitro benzene ring substituents is 2. The number of nitro groups is 2. The summed E-state index contributed by atoms with van der Waals surface area (Å²) in [5.41, 5.74) is -3.99. The molecule has 0 aliphatic rings. The Morgan fingerprint density at radius 3 is 1.33 bits per heavy atom. The van der Waals surface area contributed by atoms with Crippen molar-refractivity contribution >= 4 is 35.2 Å². The minimum atomic E-state index is -5.11. The first kappa shape index (κ1) is 24.1. The molecule has 0 aromatic heterocycles. The van der Waals surface area contributed by atoms with Crippen molar-refractivity contribution in [3.8, 4) is 0 Å². The van der Waals surface area contributed by atoms with Crippen molar-refractivity contribution in [3.63, 3.8) is 0 Å². The van der Waals surface area contributed by atoms with E-state index < -0.39 is 57.9 Å². The second kappa shape index (κ2) is 8.78. The average molecular weight is 488 g/mol. The molecule has 3 aromatic carbocycles. The summed E-state index contributed by atoms with van der Waals surface area (Å²) >= 11 is 0. The molecule has 13 heteroatoms. The predicted molar refractivity (Wildman–Crippen MR) is 108 cm³/mol. The topological polar surface area (TPSA) is 86.3 Å².